The standard InChI is InChI=1S/C20H16ClF2N5O3S/c1-28-8-11(17-19(24)25-9-26-20(17)28)10-4-3-5-14(18(10)23)27-32(29,30)16-6-12(21)15(31-2)7-13(16)22/h3-9,27H,1-2H3,(H2,24,25,26). The van der Waals surface area contributed by atoms with Crippen molar-refractivity contribution in [3.63, 3.8) is 0 Å². The summed E-state index contributed by atoms with van der Waals surface area (Å²) in [6, 6.07) is 5.85. The van der Waals surface area contributed by atoms with Gasteiger partial charge in [-0.1, -0.05) is 23.7 Å². The second kappa shape index (κ2) is 7.92. The van der Waals surface area contributed by atoms with E-state index in [1.54, 1.807) is 17.8 Å². The molecule has 0 amide bonds. The van der Waals surface area contributed by atoms with Gasteiger partial charge in [-0.25, -0.2) is 27.2 Å². The van der Waals surface area contributed by atoms with Gasteiger partial charge in [-0.05, 0) is 12.1 Å². The fraction of sp³-hybridized carbons (Fsp3) is 0.100. The normalized spacial score (nSPS) is 11.7. The van der Waals surface area contributed by atoms with Crippen molar-refractivity contribution in [2.45, 2.75) is 4.90 Å². The highest BCUT2D eigenvalue weighted by atomic mass is 35.5. The minimum atomic E-state index is -4.52. The number of hydrogen-bond acceptors (Lipinski definition) is 6. The van der Waals surface area contributed by atoms with Gasteiger partial charge in [0.1, 0.15) is 34.3 Å². The van der Waals surface area contributed by atoms with E-state index in [0.717, 1.165) is 12.1 Å². The van der Waals surface area contributed by atoms with Gasteiger partial charge < -0.3 is 15.0 Å². The van der Waals surface area contributed by atoms with Gasteiger partial charge in [-0.15, -0.1) is 0 Å². The number of aromatic nitrogens is 3. The number of nitrogens with zero attached hydrogens (tertiary/aromatic N) is 3. The lowest BCUT2D eigenvalue weighted by Gasteiger charge is -2.13. The zero-order valence-electron chi connectivity index (χ0n) is 16.7. The maximum absolute atomic E-state index is 15.4. The summed E-state index contributed by atoms with van der Waals surface area (Å²) in [4.78, 5) is 7.34. The number of aryl methyl sites for hydroxylation is 1. The summed E-state index contributed by atoms with van der Waals surface area (Å²) < 4.78 is 64.0. The third kappa shape index (κ3) is 3.59. The average molecular weight is 480 g/mol. The van der Waals surface area contributed by atoms with E-state index in [1.807, 2.05) is 0 Å². The molecule has 0 aliphatic heterocycles. The molecule has 0 radical (unpaired) electrons. The quantitative estimate of drug-likeness (QED) is 0.448. The third-order valence-electron chi connectivity index (χ3n) is 4.81. The summed E-state index contributed by atoms with van der Waals surface area (Å²) in [6.07, 6.45) is 2.90. The zero-order valence-corrected chi connectivity index (χ0v) is 18.3. The molecule has 2 aromatic carbocycles. The molecular weight excluding hydrogens is 464 g/mol. The van der Waals surface area contributed by atoms with E-state index in [0.29, 0.717) is 16.6 Å². The largest absolute Gasteiger partial charge is 0.495 e. The monoisotopic (exact) mass is 479 g/mol. The molecule has 12 heteroatoms. The molecule has 2 aromatic heterocycles. The molecule has 0 aliphatic rings. The van der Waals surface area contributed by atoms with E-state index < -0.39 is 26.6 Å². The predicted molar refractivity (Wildman–Crippen MR) is 117 cm³/mol. The molecule has 32 heavy (non-hydrogen) atoms. The first kappa shape index (κ1) is 21.8. The molecule has 0 fully saturated rings. The lowest BCUT2D eigenvalue weighted by atomic mass is 10.0. The SMILES string of the molecule is COc1cc(F)c(S(=O)(=O)Nc2cccc(-c3cn(C)c4ncnc(N)c34)c2F)cc1Cl. The van der Waals surface area contributed by atoms with Crippen LogP contribution in [0.2, 0.25) is 5.02 Å². The van der Waals surface area contributed by atoms with Crippen LogP contribution in [0.3, 0.4) is 0 Å². The number of ether oxygens (including phenoxy) is 1. The number of nitrogens with one attached hydrogen (secondary N) is 1. The van der Waals surface area contributed by atoms with E-state index in [1.165, 1.54) is 31.6 Å². The Labute approximate surface area is 186 Å². The average Bonchev–Trinajstić information content (AvgIpc) is 3.08. The summed E-state index contributed by atoms with van der Waals surface area (Å²) >= 11 is 5.94. The van der Waals surface area contributed by atoms with Crippen molar-refractivity contribution < 1.29 is 21.9 Å². The molecule has 4 rings (SSSR count). The van der Waals surface area contributed by atoms with Gasteiger partial charge in [0.15, 0.2) is 5.82 Å². The molecule has 0 atom stereocenters. The molecule has 2 heterocycles. The minimum Gasteiger partial charge on any atom is -0.495 e. The van der Waals surface area contributed by atoms with Crippen molar-refractivity contribution >= 4 is 44.2 Å². The highest BCUT2D eigenvalue weighted by molar-refractivity contribution is 7.92. The third-order valence-corrected chi connectivity index (χ3v) is 6.49. The van der Waals surface area contributed by atoms with Gasteiger partial charge in [0.05, 0.1) is 23.2 Å². The van der Waals surface area contributed by atoms with Gasteiger partial charge >= 0.3 is 0 Å². The maximum Gasteiger partial charge on any atom is 0.264 e. The molecule has 0 spiro atoms. The van der Waals surface area contributed by atoms with Crippen molar-refractivity contribution in [3.05, 3.63) is 59.5 Å². The second-order valence-corrected chi connectivity index (χ2v) is 8.86. The molecule has 4 aromatic rings. The van der Waals surface area contributed by atoms with Crippen LogP contribution in [-0.4, -0.2) is 30.1 Å². The number of fused-ring (bicyclic) bond motifs is 1. The Hall–Kier alpha value is -3.44. The smallest absolute Gasteiger partial charge is 0.264 e. The van der Waals surface area contributed by atoms with E-state index in [2.05, 4.69) is 14.7 Å². The first-order valence-corrected chi connectivity index (χ1v) is 10.9. The van der Waals surface area contributed by atoms with Crippen molar-refractivity contribution in [1.29, 1.82) is 0 Å². The van der Waals surface area contributed by atoms with Crippen LogP contribution in [0, 0.1) is 11.6 Å². The van der Waals surface area contributed by atoms with E-state index in [4.69, 9.17) is 22.1 Å². The fourth-order valence-electron chi connectivity index (χ4n) is 3.33. The summed E-state index contributed by atoms with van der Waals surface area (Å²) in [5.74, 6) is -1.88. The van der Waals surface area contributed by atoms with Gasteiger partial charge in [-0.3, -0.25) is 4.72 Å². The predicted octanol–water partition coefficient (Wildman–Crippen LogP) is 3.96. The molecule has 0 unspecified atom stereocenters. The Balaban J connectivity index is 1.81. The van der Waals surface area contributed by atoms with Crippen LogP contribution in [0.1, 0.15) is 0 Å². The van der Waals surface area contributed by atoms with Crippen LogP contribution in [-0.2, 0) is 17.1 Å². The van der Waals surface area contributed by atoms with Crippen LogP contribution in [0.5, 0.6) is 5.75 Å². The molecule has 0 saturated heterocycles. The highest BCUT2D eigenvalue weighted by Gasteiger charge is 2.25. The number of methoxy groups -OCH3 is 1. The molecule has 8 nitrogen and oxygen atoms in total. The Kier molecular flexibility index (Phi) is 5.39. The van der Waals surface area contributed by atoms with Crippen LogP contribution in [0.4, 0.5) is 20.3 Å². The Bertz CT molecular complexity index is 1470. The van der Waals surface area contributed by atoms with Crippen LogP contribution < -0.4 is 15.2 Å². The van der Waals surface area contributed by atoms with Crippen molar-refractivity contribution in [1.82, 2.24) is 14.5 Å². The first-order chi connectivity index (χ1) is 15.1. The molecular formula is C20H16ClF2N5O3S. The number of sulfonamides is 1. The summed E-state index contributed by atoms with van der Waals surface area (Å²) in [6.45, 7) is 0. The number of hydrogen-bond donors (Lipinski definition) is 2. The Morgan fingerprint density at radius 2 is 1.94 bits per heavy atom. The van der Waals surface area contributed by atoms with Crippen molar-refractivity contribution in [3.8, 4) is 16.9 Å². The number of halogens is 3. The summed E-state index contributed by atoms with van der Waals surface area (Å²) in [7, 11) is -1.55. The van der Waals surface area contributed by atoms with Gasteiger partial charge in [0.2, 0.25) is 0 Å². The van der Waals surface area contributed by atoms with Crippen LogP contribution in [0.15, 0.2) is 47.8 Å². The van der Waals surface area contributed by atoms with Crippen LogP contribution in [0.25, 0.3) is 22.2 Å². The molecule has 0 bridgehead atoms. The Morgan fingerprint density at radius 3 is 2.66 bits per heavy atom. The maximum atomic E-state index is 15.4. The summed E-state index contributed by atoms with van der Waals surface area (Å²) in [5, 5.41) is 0.302. The molecule has 166 valence electrons. The van der Waals surface area contributed by atoms with Crippen molar-refractivity contribution in [2.24, 2.45) is 7.05 Å². The van der Waals surface area contributed by atoms with Gasteiger partial charge in [0, 0.05) is 30.4 Å². The number of nitrogen functional groups attached to an aromatic ring is 1. The number of nitrogens with two attached hydrogens (primary N) is 1. The lowest BCUT2D eigenvalue weighted by Crippen LogP contribution is -2.16. The second-order valence-electron chi connectivity index (χ2n) is 6.80. The highest BCUT2D eigenvalue weighted by Crippen LogP contribution is 2.36. The van der Waals surface area contributed by atoms with Gasteiger partial charge in [-0.2, -0.15) is 0 Å². The molecule has 3 N–H and O–H groups in total. The summed E-state index contributed by atoms with van der Waals surface area (Å²) in [5.41, 5.74) is 6.49. The fourth-order valence-corrected chi connectivity index (χ4v) is 4.78. The first-order valence-electron chi connectivity index (χ1n) is 9.04. The Morgan fingerprint density at radius 1 is 1.19 bits per heavy atom. The van der Waals surface area contributed by atoms with Crippen molar-refractivity contribution in [2.75, 3.05) is 17.6 Å². The number of anilines is 2. The molecule has 0 aliphatic carbocycles. The molecule has 0 saturated carbocycles. The van der Waals surface area contributed by atoms with Crippen LogP contribution >= 0.6 is 11.6 Å². The topological polar surface area (TPSA) is 112 Å². The zero-order chi connectivity index (χ0) is 23.2. The number of benzene rings is 2. The minimum absolute atomic E-state index is 0.0351. The number of rotatable bonds is 5. The van der Waals surface area contributed by atoms with E-state index >= 15 is 4.39 Å². The lowest BCUT2D eigenvalue weighted by molar-refractivity contribution is 0.410. The van der Waals surface area contributed by atoms with E-state index in [9.17, 15) is 12.8 Å². The van der Waals surface area contributed by atoms with E-state index in [-0.39, 0.29) is 27.8 Å². The van der Waals surface area contributed by atoms with Gasteiger partial charge in [0.25, 0.3) is 10.0 Å².